The van der Waals surface area contributed by atoms with Crippen LogP contribution in [0.15, 0.2) is 30.3 Å². The van der Waals surface area contributed by atoms with Gasteiger partial charge in [-0.3, -0.25) is 4.79 Å². The van der Waals surface area contributed by atoms with Gasteiger partial charge in [0.05, 0.1) is 13.0 Å². The molecule has 1 N–H and O–H groups in total. The molecule has 1 aromatic rings. The molecule has 2 heterocycles. The molecule has 4 atom stereocenters. The number of fused-ring (bicyclic) bond motifs is 2. The molecule has 3 rings (SSSR count). The lowest BCUT2D eigenvalue weighted by Crippen LogP contribution is -2.48. The number of benzene rings is 1. The van der Waals surface area contributed by atoms with Gasteiger partial charge in [-0.2, -0.15) is 0 Å². The van der Waals surface area contributed by atoms with Crippen LogP contribution in [0.4, 0.5) is 0 Å². The molecule has 2 aliphatic rings. The summed E-state index contributed by atoms with van der Waals surface area (Å²) in [5, 5.41) is 3.58. The lowest BCUT2D eigenvalue weighted by atomic mass is 9.77. The average molecular weight is 285 g/mol. The van der Waals surface area contributed by atoms with Crippen LogP contribution in [0.2, 0.25) is 0 Å². The van der Waals surface area contributed by atoms with Crippen molar-refractivity contribution in [2.45, 2.75) is 44.2 Å². The van der Waals surface area contributed by atoms with E-state index in [9.17, 15) is 4.79 Å². The standard InChI is InChI=1S/C18H23NO2/c1-3-4-12-5-7-13(8-6-12)15-11-14-9-10-16(19-14)17(15)18(20)21-2/h3-8,14-17,19H,9-11H2,1-2H3/t14-,15-,16?,17?/m1/s1. The van der Waals surface area contributed by atoms with Crippen LogP contribution in [-0.2, 0) is 9.53 Å². The molecule has 0 amide bonds. The van der Waals surface area contributed by atoms with E-state index in [0.29, 0.717) is 6.04 Å². The molecule has 2 bridgehead atoms. The highest BCUT2D eigenvalue weighted by Crippen LogP contribution is 2.42. The van der Waals surface area contributed by atoms with Gasteiger partial charge in [-0.15, -0.1) is 0 Å². The zero-order chi connectivity index (χ0) is 14.8. The maximum absolute atomic E-state index is 12.2. The molecule has 0 aliphatic carbocycles. The zero-order valence-corrected chi connectivity index (χ0v) is 12.7. The Morgan fingerprint density at radius 3 is 2.71 bits per heavy atom. The Morgan fingerprint density at radius 1 is 1.29 bits per heavy atom. The first kappa shape index (κ1) is 14.3. The topological polar surface area (TPSA) is 38.3 Å². The number of rotatable bonds is 3. The Kier molecular flexibility index (Phi) is 4.11. The number of hydrogen-bond acceptors (Lipinski definition) is 3. The molecule has 112 valence electrons. The first-order valence-electron chi connectivity index (χ1n) is 7.79. The first-order valence-corrected chi connectivity index (χ1v) is 7.79. The summed E-state index contributed by atoms with van der Waals surface area (Å²) in [6, 6.07) is 9.43. The molecule has 0 saturated carbocycles. The van der Waals surface area contributed by atoms with Crippen LogP contribution in [0.1, 0.15) is 43.2 Å². The van der Waals surface area contributed by atoms with Crippen molar-refractivity contribution in [2.75, 3.05) is 7.11 Å². The smallest absolute Gasteiger partial charge is 0.310 e. The van der Waals surface area contributed by atoms with E-state index in [1.54, 1.807) is 0 Å². The zero-order valence-electron chi connectivity index (χ0n) is 12.7. The lowest BCUT2D eigenvalue weighted by Gasteiger charge is -2.36. The summed E-state index contributed by atoms with van der Waals surface area (Å²) in [6.45, 7) is 2.02. The molecule has 0 radical (unpaired) electrons. The number of carbonyl (C=O) groups excluding carboxylic acids is 1. The van der Waals surface area contributed by atoms with Gasteiger partial charge in [-0.25, -0.2) is 0 Å². The van der Waals surface area contributed by atoms with E-state index in [4.69, 9.17) is 4.74 Å². The predicted molar refractivity (Wildman–Crippen MR) is 84.0 cm³/mol. The summed E-state index contributed by atoms with van der Waals surface area (Å²) >= 11 is 0. The van der Waals surface area contributed by atoms with Crippen molar-refractivity contribution in [3.63, 3.8) is 0 Å². The van der Waals surface area contributed by atoms with Gasteiger partial charge in [0.25, 0.3) is 0 Å². The van der Waals surface area contributed by atoms with E-state index in [-0.39, 0.29) is 23.8 Å². The van der Waals surface area contributed by atoms with Gasteiger partial charge >= 0.3 is 5.97 Å². The third kappa shape index (κ3) is 2.75. The molecule has 1 aromatic carbocycles. The van der Waals surface area contributed by atoms with Crippen molar-refractivity contribution < 1.29 is 9.53 Å². The number of methoxy groups -OCH3 is 1. The Labute approximate surface area is 126 Å². The van der Waals surface area contributed by atoms with Gasteiger partial charge in [-0.05, 0) is 37.3 Å². The summed E-state index contributed by atoms with van der Waals surface area (Å²) in [4.78, 5) is 12.2. The summed E-state index contributed by atoms with van der Waals surface area (Å²) in [7, 11) is 1.50. The fourth-order valence-electron chi connectivity index (χ4n) is 3.91. The van der Waals surface area contributed by atoms with Crippen molar-refractivity contribution in [3.8, 4) is 0 Å². The first-order chi connectivity index (χ1) is 10.2. The highest BCUT2D eigenvalue weighted by Gasteiger charge is 2.46. The Balaban J connectivity index is 1.88. The minimum atomic E-state index is -0.0737. The number of allylic oxidation sites excluding steroid dienone is 1. The van der Waals surface area contributed by atoms with Gasteiger partial charge in [0.2, 0.25) is 0 Å². The van der Waals surface area contributed by atoms with Crippen molar-refractivity contribution in [1.29, 1.82) is 0 Å². The molecular weight excluding hydrogens is 262 g/mol. The third-order valence-corrected chi connectivity index (χ3v) is 4.88. The van der Waals surface area contributed by atoms with Crippen LogP contribution < -0.4 is 5.32 Å². The number of ether oxygens (including phenoxy) is 1. The second kappa shape index (κ2) is 6.02. The Morgan fingerprint density at radius 2 is 2.05 bits per heavy atom. The van der Waals surface area contributed by atoms with Gasteiger partial charge in [0.1, 0.15) is 0 Å². The van der Waals surface area contributed by atoms with Crippen molar-refractivity contribution in [1.82, 2.24) is 5.32 Å². The minimum Gasteiger partial charge on any atom is -0.469 e. The van der Waals surface area contributed by atoms with E-state index in [1.807, 2.05) is 13.0 Å². The minimum absolute atomic E-state index is 0.0543. The molecule has 0 spiro atoms. The van der Waals surface area contributed by atoms with Crippen molar-refractivity contribution in [3.05, 3.63) is 41.5 Å². The SMILES string of the molecule is CC=Cc1ccc([C@H]2C[C@H]3CCC(N3)C2C(=O)OC)cc1. The lowest BCUT2D eigenvalue weighted by molar-refractivity contribution is -0.148. The average Bonchev–Trinajstić information content (AvgIpc) is 2.89. The van der Waals surface area contributed by atoms with Crippen LogP contribution in [0.25, 0.3) is 6.08 Å². The van der Waals surface area contributed by atoms with Gasteiger partial charge in [-0.1, -0.05) is 36.4 Å². The Hall–Kier alpha value is -1.61. The molecule has 2 unspecified atom stereocenters. The van der Waals surface area contributed by atoms with Crippen LogP contribution in [0, 0.1) is 5.92 Å². The van der Waals surface area contributed by atoms with Crippen molar-refractivity contribution >= 4 is 12.0 Å². The fraction of sp³-hybridized carbons (Fsp3) is 0.500. The molecule has 3 heteroatoms. The molecule has 2 aliphatic heterocycles. The monoisotopic (exact) mass is 285 g/mol. The van der Waals surface area contributed by atoms with E-state index in [0.717, 1.165) is 12.8 Å². The van der Waals surface area contributed by atoms with E-state index >= 15 is 0 Å². The largest absolute Gasteiger partial charge is 0.469 e. The van der Waals surface area contributed by atoms with E-state index in [1.165, 1.54) is 24.7 Å². The summed E-state index contributed by atoms with van der Waals surface area (Å²) in [6.07, 6.45) is 7.41. The number of nitrogens with one attached hydrogen (secondary N) is 1. The summed E-state index contributed by atoms with van der Waals surface area (Å²) < 4.78 is 5.06. The second-order valence-corrected chi connectivity index (χ2v) is 6.11. The number of hydrogen-bond donors (Lipinski definition) is 1. The molecule has 3 nitrogen and oxygen atoms in total. The maximum atomic E-state index is 12.2. The number of piperidine rings is 1. The number of esters is 1. The van der Waals surface area contributed by atoms with Gasteiger partial charge < -0.3 is 10.1 Å². The molecule has 21 heavy (non-hydrogen) atoms. The molecule has 0 aromatic heterocycles. The van der Waals surface area contributed by atoms with Gasteiger partial charge in [0.15, 0.2) is 0 Å². The van der Waals surface area contributed by atoms with Crippen LogP contribution in [0.5, 0.6) is 0 Å². The quantitative estimate of drug-likeness (QED) is 0.867. The molecule has 2 fully saturated rings. The Bertz CT molecular complexity index is 535. The second-order valence-electron chi connectivity index (χ2n) is 6.11. The van der Waals surface area contributed by atoms with E-state index in [2.05, 4.69) is 35.7 Å². The van der Waals surface area contributed by atoms with Crippen LogP contribution in [0.3, 0.4) is 0 Å². The summed E-state index contributed by atoms with van der Waals surface area (Å²) in [5.41, 5.74) is 2.46. The fourth-order valence-corrected chi connectivity index (χ4v) is 3.91. The summed E-state index contributed by atoms with van der Waals surface area (Å²) in [5.74, 6) is 0.146. The van der Waals surface area contributed by atoms with Crippen LogP contribution >= 0.6 is 0 Å². The number of carbonyl (C=O) groups is 1. The predicted octanol–water partition coefficient (Wildman–Crippen LogP) is 3.12. The van der Waals surface area contributed by atoms with Crippen LogP contribution in [-0.4, -0.2) is 25.2 Å². The highest BCUT2D eigenvalue weighted by molar-refractivity contribution is 5.75. The maximum Gasteiger partial charge on any atom is 0.310 e. The molecule has 2 saturated heterocycles. The van der Waals surface area contributed by atoms with Crippen molar-refractivity contribution in [2.24, 2.45) is 5.92 Å². The third-order valence-electron chi connectivity index (χ3n) is 4.88. The van der Waals surface area contributed by atoms with E-state index < -0.39 is 0 Å². The van der Waals surface area contributed by atoms with Gasteiger partial charge in [0, 0.05) is 18.0 Å². The highest BCUT2D eigenvalue weighted by atomic mass is 16.5. The normalized spacial score (nSPS) is 31.5. The molecular formula is C18H23NO2.